The lowest BCUT2D eigenvalue weighted by Crippen LogP contribution is -2.08. The minimum absolute atomic E-state index is 0.0132. The number of hydrogen-bond donors (Lipinski definition) is 0. The highest BCUT2D eigenvalue weighted by molar-refractivity contribution is 5.89. The Morgan fingerprint density at radius 1 is 1.24 bits per heavy atom. The van der Waals surface area contributed by atoms with Gasteiger partial charge in [0.1, 0.15) is 0 Å². The highest BCUT2D eigenvalue weighted by Crippen LogP contribution is 2.63. The van der Waals surface area contributed by atoms with Crippen molar-refractivity contribution in [1.82, 2.24) is 0 Å². The van der Waals surface area contributed by atoms with Gasteiger partial charge in [0.05, 0.1) is 14.2 Å². The van der Waals surface area contributed by atoms with Crippen LogP contribution >= 0.6 is 0 Å². The Bertz CT molecular complexity index is 343. The van der Waals surface area contributed by atoms with Crippen molar-refractivity contribution in [3.05, 3.63) is 12.2 Å². The molecule has 17 heavy (non-hydrogen) atoms. The maximum absolute atomic E-state index is 11.4. The molecule has 1 saturated carbocycles. The van der Waals surface area contributed by atoms with Crippen LogP contribution in [0, 0.1) is 17.3 Å². The largest absolute Gasteiger partial charge is 0.469 e. The van der Waals surface area contributed by atoms with Gasteiger partial charge >= 0.3 is 11.9 Å². The van der Waals surface area contributed by atoms with Crippen LogP contribution in [-0.4, -0.2) is 26.2 Å². The van der Waals surface area contributed by atoms with Gasteiger partial charge in [0.2, 0.25) is 0 Å². The van der Waals surface area contributed by atoms with Crippen molar-refractivity contribution in [1.29, 1.82) is 0 Å². The van der Waals surface area contributed by atoms with Crippen molar-refractivity contribution < 1.29 is 19.1 Å². The monoisotopic (exact) mass is 240 g/mol. The summed E-state index contributed by atoms with van der Waals surface area (Å²) in [5.74, 6) is -0.161. The molecular formula is C13H20O4. The fourth-order valence-electron chi connectivity index (χ4n) is 2.61. The summed E-state index contributed by atoms with van der Waals surface area (Å²) >= 11 is 0. The molecule has 1 aliphatic rings. The summed E-state index contributed by atoms with van der Waals surface area (Å²) in [6.45, 7) is 7.94. The molecule has 0 spiro atoms. The lowest BCUT2D eigenvalue weighted by atomic mass is 10.0. The molecule has 0 unspecified atom stereocenters. The molecule has 4 heteroatoms. The van der Waals surface area contributed by atoms with Crippen LogP contribution in [0.1, 0.15) is 26.7 Å². The SMILES string of the molecule is C=C(C(=O)OC)[C@H]1[C@H](CCC(=O)OC)C1(C)C. The normalized spacial score (nSPS) is 24.9. The van der Waals surface area contributed by atoms with Gasteiger partial charge in [-0.1, -0.05) is 20.4 Å². The Labute approximate surface area is 102 Å². The van der Waals surface area contributed by atoms with Crippen LogP contribution in [0.4, 0.5) is 0 Å². The third-order valence-corrected chi connectivity index (χ3v) is 3.76. The maximum atomic E-state index is 11.4. The molecule has 0 aromatic heterocycles. The van der Waals surface area contributed by atoms with Crippen LogP contribution in [0.2, 0.25) is 0 Å². The highest BCUT2D eigenvalue weighted by Gasteiger charge is 2.59. The number of carbonyl (C=O) groups excluding carboxylic acids is 2. The molecule has 1 rings (SSSR count). The van der Waals surface area contributed by atoms with Crippen molar-refractivity contribution >= 4 is 11.9 Å². The average molecular weight is 240 g/mol. The molecule has 2 atom stereocenters. The summed E-state index contributed by atoms with van der Waals surface area (Å²) < 4.78 is 9.28. The summed E-state index contributed by atoms with van der Waals surface area (Å²) in [6, 6.07) is 0. The fraction of sp³-hybridized carbons (Fsp3) is 0.692. The van der Waals surface area contributed by atoms with E-state index in [-0.39, 0.29) is 23.3 Å². The third kappa shape index (κ3) is 2.68. The van der Waals surface area contributed by atoms with Gasteiger partial charge in [-0.2, -0.15) is 0 Å². The van der Waals surface area contributed by atoms with Crippen LogP contribution in [0.25, 0.3) is 0 Å². The molecule has 0 aromatic carbocycles. The Kier molecular flexibility index (Phi) is 3.96. The zero-order valence-electron chi connectivity index (χ0n) is 10.9. The van der Waals surface area contributed by atoms with Crippen LogP contribution in [0.5, 0.6) is 0 Å². The Morgan fingerprint density at radius 2 is 1.82 bits per heavy atom. The lowest BCUT2D eigenvalue weighted by Gasteiger charge is -2.04. The van der Waals surface area contributed by atoms with E-state index in [2.05, 4.69) is 29.9 Å². The van der Waals surface area contributed by atoms with Crippen molar-refractivity contribution in [2.45, 2.75) is 26.7 Å². The summed E-state index contributed by atoms with van der Waals surface area (Å²) in [7, 11) is 2.73. The summed E-state index contributed by atoms with van der Waals surface area (Å²) in [4.78, 5) is 22.5. The summed E-state index contributed by atoms with van der Waals surface area (Å²) in [5, 5.41) is 0. The van der Waals surface area contributed by atoms with Crippen molar-refractivity contribution in [3.63, 3.8) is 0 Å². The Balaban J connectivity index is 2.56. The van der Waals surface area contributed by atoms with E-state index < -0.39 is 0 Å². The van der Waals surface area contributed by atoms with Crippen molar-refractivity contribution in [2.75, 3.05) is 14.2 Å². The zero-order valence-corrected chi connectivity index (χ0v) is 10.9. The topological polar surface area (TPSA) is 52.6 Å². The van der Waals surface area contributed by atoms with E-state index in [0.717, 1.165) is 6.42 Å². The van der Waals surface area contributed by atoms with Crippen LogP contribution in [0.15, 0.2) is 12.2 Å². The third-order valence-electron chi connectivity index (χ3n) is 3.76. The molecule has 0 aliphatic heterocycles. The number of esters is 2. The van der Waals surface area contributed by atoms with E-state index >= 15 is 0 Å². The predicted molar refractivity (Wildman–Crippen MR) is 63.2 cm³/mol. The smallest absolute Gasteiger partial charge is 0.333 e. The van der Waals surface area contributed by atoms with Gasteiger partial charge in [-0.25, -0.2) is 4.79 Å². The van der Waals surface area contributed by atoms with Gasteiger partial charge < -0.3 is 9.47 Å². The first-order valence-corrected chi connectivity index (χ1v) is 5.70. The molecule has 0 N–H and O–H groups in total. The fourth-order valence-corrected chi connectivity index (χ4v) is 2.61. The van der Waals surface area contributed by atoms with Crippen LogP contribution in [-0.2, 0) is 19.1 Å². The predicted octanol–water partition coefficient (Wildman–Crippen LogP) is 1.94. The summed E-state index contributed by atoms with van der Waals surface area (Å²) in [6.07, 6.45) is 1.11. The van der Waals surface area contributed by atoms with E-state index in [0.29, 0.717) is 17.9 Å². The zero-order chi connectivity index (χ0) is 13.2. The number of carbonyl (C=O) groups is 2. The van der Waals surface area contributed by atoms with Crippen LogP contribution in [0.3, 0.4) is 0 Å². The second-order valence-corrected chi connectivity index (χ2v) is 5.04. The number of hydrogen-bond acceptors (Lipinski definition) is 4. The molecule has 96 valence electrons. The molecule has 0 radical (unpaired) electrons. The molecule has 0 amide bonds. The Hall–Kier alpha value is -1.32. The standard InChI is InChI=1S/C13H20O4/c1-8(12(15)17-5)11-9(13(11,2)3)6-7-10(14)16-4/h9,11H,1,6-7H2,2-5H3/t9-,11-/m0/s1. The first-order valence-electron chi connectivity index (χ1n) is 5.70. The Morgan fingerprint density at radius 3 is 2.29 bits per heavy atom. The van der Waals surface area contributed by atoms with Gasteiger partial charge in [0.25, 0.3) is 0 Å². The van der Waals surface area contributed by atoms with Gasteiger partial charge in [0.15, 0.2) is 0 Å². The molecule has 0 heterocycles. The molecule has 4 nitrogen and oxygen atoms in total. The quantitative estimate of drug-likeness (QED) is 0.544. The van der Waals surface area contributed by atoms with Gasteiger partial charge in [-0.05, 0) is 23.7 Å². The minimum Gasteiger partial charge on any atom is -0.469 e. The molecule has 0 bridgehead atoms. The van der Waals surface area contributed by atoms with Crippen LogP contribution < -0.4 is 0 Å². The van der Waals surface area contributed by atoms with Gasteiger partial charge in [0, 0.05) is 12.0 Å². The molecule has 1 aliphatic carbocycles. The molecular weight excluding hydrogens is 220 g/mol. The number of ether oxygens (including phenoxy) is 2. The molecule has 0 aromatic rings. The summed E-state index contributed by atoms with van der Waals surface area (Å²) in [5.41, 5.74) is 0.520. The highest BCUT2D eigenvalue weighted by atomic mass is 16.5. The lowest BCUT2D eigenvalue weighted by molar-refractivity contribution is -0.140. The van der Waals surface area contributed by atoms with Crippen molar-refractivity contribution in [2.24, 2.45) is 17.3 Å². The first kappa shape index (κ1) is 13.7. The van der Waals surface area contributed by atoms with E-state index in [1.807, 2.05) is 0 Å². The van der Waals surface area contributed by atoms with E-state index in [1.165, 1.54) is 14.2 Å². The molecule has 0 saturated heterocycles. The van der Waals surface area contributed by atoms with Gasteiger partial charge in [-0.3, -0.25) is 4.79 Å². The first-order chi connectivity index (χ1) is 7.86. The second-order valence-electron chi connectivity index (χ2n) is 5.04. The van der Waals surface area contributed by atoms with E-state index in [1.54, 1.807) is 0 Å². The molecule has 1 fully saturated rings. The number of rotatable bonds is 5. The van der Waals surface area contributed by atoms with Gasteiger partial charge in [-0.15, -0.1) is 0 Å². The minimum atomic E-state index is -0.358. The average Bonchev–Trinajstić information content (AvgIpc) is 2.85. The second kappa shape index (κ2) is 4.90. The van der Waals surface area contributed by atoms with E-state index in [9.17, 15) is 9.59 Å². The van der Waals surface area contributed by atoms with E-state index in [4.69, 9.17) is 0 Å². The maximum Gasteiger partial charge on any atom is 0.333 e. The number of methoxy groups -OCH3 is 2. The van der Waals surface area contributed by atoms with Crippen molar-refractivity contribution in [3.8, 4) is 0 Å².